The minimum absolute atomic E-state index is 0.00264. The molecule has 4 heteroatoms. The highest BCUT2D eigenvalue weighted by Crippen LogP contribution is 2.31. The maximum Gasteiger partial charge on any atom is 0.137 e. The Morgan fingerprint density at radius 2 is 2.15 bits per heavy atom. The fraction of sp³-hybridized carbons (Fsp3) is 0.188. The Hall–Kier alpha value is -2.33. The molecule has 102 valence electrons. The van der Waals surface area contributed by atoms with E-state index in [2.05, 4.69) is 11.1 Å². The van der Waals surface area contributed by atoms with Gasteiger partial charge in [-0.05, 0) is 36.8 Å². The van der Waals surface area contributed by atoms with Gasteiger partial charge in [-0.1, -0.05) is 12.1 Å². The van der Waals surface area contributed by atoms with Gasteiger partial charge in [-0.15, -0.1) is 0 Å². The van der Waals surface area contributed by atoms with Gasteiger partial charge in [0.25, 0.3) is 0 Å². The summed E-state index contributed by atoms with van der Waals surface area (Å²) >= 11 is 0. The zero-order chi connectivity index (χ0) is 13.9. The third kappa shape index (κ3) is 2.26. The van der Waals surface area contributed by atoms with Crippen LogP contribution in [0.4, 0.5) is 0 Å². The molecule has 0 aliphatic heterocycles. The van der Waals surface area contributed by atoms with Crippen molar-refractivity contribution >= 4 is 5.65 Å². The van der Waals surface area contributed by atoms with Crippen molar-refractivity contribution in [3.05, 3.63) is 54.4 Å². The number of aromatic nitrogens is 2. The standard InChI is InChI=1S/C16H16N2O2/c1-12-5-6-13(15(11-12)20-10-9-19)14-3-2-4-16-17-7-8-18(14)16/h2-8,11,19H,9-10H2,1H3. The zero-order valence-electron chi connectivity index (χ0n) is 11.3. The van der Waals surface area contributed by atoms with E-state index < -0.39 is 0 Å². The minimum atomic E-state index is 0.00264. The van der Waals surface area contributed by atoms with Gasteiger partial charge < -0.3 is 9.84 Å². The molecule has 0 aliphatic carbocycles. The van der Waals surface area contributed by atoms with Crippen LogP contribution >= 0.6 is 0 Å². The molecule has 0 amide bonds. The molecule has 0 bridgehead atoms. The van der Waals surface area contributed by atoms with Gasteiger partial charge in [-0.2, -0.15) is 0 Å². The van der Waals surface area contributed by atoms with Gasteiger partial charge >= 0.3 is 0 Å². The smallest absolute Gasteiger partial charge is 0.137 e. The number of hydrogen-bond donors (Lipinski definition) is 1. The number of pyridine rings is 1. The van der Waals surface area contributed by atoms with Crippen molar-refractivity contribution < 1.29 is 9.84 Å². The molecule has 1 aromatic carbocycles. The second-order valence-electron chi connectivity index (χ2n) is 4.64. The summed E-state index contributed by atoms with van der Waals surface area (Å²) in [6.07, 6.45) is 3.71. The summed E-state index contributed by atoms with van der Waals surface area (Å²) in [6, 6.07) is 12.1. The molecule has 0 spiro atoms. The van der Waals surface area contributed by atoms with Crippen molar-refractivity contribution in [1.82, 2.24) is 9.38 Å². The lowest BCUT2D eigenvalue weighted by molar-refractivity contribution is 0.202. The number of imidazole rings is 1. The molecule has 4 nitrogen and oxygen atoms in total. The zero-order valence-corrected chi connectivity index (χ0v) is 11.3. The normalized spacial score (nSPS) is 10.9. The lowest BCUT2D eigenvalue weighted by Crippen LogP contribution is -2.03. The third-order valence-electron chi connectivity index (χ3n) is 3.19. The van der Waals surface area contributed by atoms with Crippen LogP contribution in [0.25, 0.3) is 16.9 Å². The molecule has 1 N–H and O–H groups in total. The number of ether oxygens (including phenoxy) is 1. The van der Waals surface area contributed by atoms with Gasteiger partial charge in [-0.3, -0.25) is 4.40 Å². The monoisotopic (exact) mass is 268 g/mol. The van der Waals surface area contributed by atoms with E-state index in [0.717, 1.165) is 28.2 Å². The number of aryl methyl sites for hydroxylation is 1. The quantitative estimate of drug-likeness (QED) is 0.791. The summed E-state index contributed by atoms with van der Waals surface area (Å²) in [4.78, 5) is 4.30. The fourth-order valence-electron chi connectivity index (χ4n) is 2.28. The summed E-state index contributed by atoms with van der Waals surface area (Å²) < 4.78 is 7.69. The molecule has 0 atom stereocenters. The highest BCUT2D eigenvalue weighted by atomic mass is 16.5. The van der Waals surface area contributed by atoms with E-state index in [-0.39, 0.29) is 13.2 Å². The molecule has 0 radical (unpaired) electrons. The van der Waals surface area contributed by atoms with E-state index in [4.69, 9.17) is 9.84 Å². The maximum atomic E-state index is 8.96. The second-order valence-corrected chi connectivity index (χ2v) is 4.64. The first-order valence-corrected chi connectivity index (χ1v) is 6.56. The van der Waals surface area contributed by atoms with Crippen LogP contribution in [0, 0.1) is 6.92 Å². The molecule has 0 unspecified atom stereocenters. The number of nitrogens with zero attached hydrogens (tertiary/aromatic N) is 2. The number of benzene rings is 1. The first-order valence-electron chi connectivity index (χ1n) is 6.56. The predicted octanol–water partition coefficient (Wildman–Crippen LogP) is 2.68. The molecule has 20 heavy (non-hydrogen) atoms. The van der Waals surface area contributed by atoms with Crippen LogP contribution in [0.2, 0.25) is 0 Å². The average Bonchev–Trinajstić information content (AvgIpc) is 2.94. The molecule has 0 aliphatic rings. The first kappa shape index (κ1) is 12.7. The van der Waals surface area contributed by atoms with Crippen molar-refractivity contribution in [2.24, 2.45) is 0 Å². The highest BCUT2D eigenvalue weighted by Gasteiger charge is 2.10. The topological polar surface area (TPSA) is 46.8 Å². The molecule has 0 saturated carbocycles. The van der Waals surface area contributed by atoms with E-state index in [1.54, 1.807) is 6.20 Å². The van der Waals surface area contributed by atoms with Gasteiger partial charge in [0.05, 0.1) is 12.3 Å². The molecule has 3 rings (SSSR count). The van der Waals surface area contributed by atoms with Crippen molar-refractivity contribution in [3.8, 4) is 17.0 Å². The molecule has 3 aromatic rings. The SMILES string of the molecule is Cc1ccc(-c2cccc3nccn23)c(OCCO)c1. The molecule has 0 fully saturated rings. The lowest BCUT2D eigenvalue weighted by Gasteiger charge is -2.13. The second kappa shape index (κ2) is 5.35. The summed E-state index contributed by atoms with van der Waals surface area (Å²) in [5.41, 5.74) is 4.04. The molecular weight excluding hydrogens is 252 g/mol. The fourth-order valence-corrected chi connectivity index (χ4v) is 2.28. The van der Waals surface area contributed by atoms with Crippen molar-refractivity contribution in [1.29, 1.82) is 0 Å². The Kier molecular flexibility index (Phi) is 3.39. The number of rotatable bonds is 4. The van der Waals surface area contributed by atoms with E-state index in [0.29, 0.717) is 0 Å². The third-order valence-corrected chi connectivity index (χ3v) is 3.19. The predicted molar refractivity (Wildman–Crippen MR) is 77.9 cm³/mol. The van der Waals surface area contributed by atoms with Gasteiger partial charge in [0.15, 0.2) is 0 Å². The van der Waals surface area contributed by atoms with Gasteiger partial charge in [0.2, 0.25) is 0 Å². The van der Waals surface area contributed by atoms with E-state index in [9.17, 15) is 0 Å². The Labute approximate surface area is 117 Å². The van der Waals surface area contributed by atoms with Crippen LogP contribution in [0.3, 0.4) is 0 Å². The van der Waals surface area contributed by atoms with Gasteiger partial charge in [-0.25, -0.2) is 4.98 Å². The largest absolute Gasteiger partial charge is 0.490 e. The average molecular weight is 268 g/mol. The molecular formula is C16H16N2O2. The van der Waals surface area contributed by atoms with Crippen molar-refractivity contribution in [3.63, 3.8) is 0 Å². The van der Waals surface area contributed by atoms with E-state index >= 15 is 0 Å². The molecule has 2 aromatic heterocycles. The summed E-state index contributed by atoms with van der Waals surface area (Å²) in [5, 5.41) is 8.96. The van der Waals surface area contributed by atoms with Crippen LogP contribution in [0.5, 0.6) is 5.75 Å². The van der Waals surface area contributed by atoms with Crippen LogP contribution in [-0.2, 0) is 0 Å². The number of hydrogen-bond acceptors (Lipinski definition) is 3. The maximum absolute atomic E-state index is 8.96. The molecule has 0 saturated heterocycles. The summed E-state index contributed by atoms with van der Waals surface area (Å²) in [6.45, 7) is 2.31. The molecule has 2 heterocycles. The Morgan fingerprint density at radius 1 is 1.25 bits per heavy atom. The van der Waals surface area contributed by atoms with Crippen molar-refractivity contribution in [2.45, 2.75) is 6.92 Å². The first-order chi connectivity index (χ1) is 9.79. The highest BCUT2D eigenvalue weighted by molar-refractivity contribution is 5.70. The van der Waals surface area contributed by atoms with Crippen LogP contribution in [0.15, 0.2) is 48.8 Å². The van der Waals surface area contributed by atoms with E-state index in [1.807, 2.05) is 47.9 Å². The Morgan fingerprint density at radius 3 is 3.00 bits per heavy atom. The Bertz CT molecular complexity index is 734. The Balaban J connectivity index is 2.15. The summed E-state index contributed by atoms with van der Waals surface area (Å²) in [5.74, 6) is 0.778. The summed E-state index contributed by atoms with van der Waals surface area (Å²) in [7, 11) is 0. The van der Waals surface area contributed by atoms with Gasteiger partial charge in [0, 0.05) is 18.0 Å². The minimum Gasteiger partial charge on any atom is -0.490 e. The van der Waals surface area contributed by atoms with Crippen LogP contribution < -0.4 is 4.74 Å². The lowest BCUT2D eigenvalue weighted by atomic mass is 10.1. The number of aliphatic hydroxyl groups is 1. The van der Waals surface area contributed by atoms with Crippen LogP contribution in [-0.4, -0.2) is 27.7 Å². The van der Waals surface area contributed by atoms with Gasteiger partial charge in [0.1, 0.15) is 18.0 Å². The van der Waals surface area contributed by atoms with Crippen LogP contribution in [0.1, 0.15) is 5.56 Å². The number of fused-ring (bicyclic) bond motifs is 1. The number of aliphatic hydroxyl groups excluding tert-OH is 1. The van der Waals surface area contributed by atoms with Crippen molar-refractivity contribution in [2.75, 3.05) is 13.2 Å². The van der Waals surface area contributed by atoms with E-state index in [1.165, 1.54) is 0 Å².